The van der Waals surface area contributed by atoms with E-state index in [0.29, 0.717) is 0 Å². The SMILES string of the molecule is CCNC(=NCCN1CCN(CC)CC1)NCCc1ccc(OC)cc1.I. The number of aliphatic imine (C=N–C) groups is 1. The molecule has 1 aliphatic heterocycles. The summed E-state index contributed by atoms with van der Waals surface area (Å²) in [4.78, 5) is 9.74. The van der Waals surface area contributed by atoms with Crippen LogP contribution in [-0.4, -0.2) is 81.8 Å². The molecule has 0 aromatic heterocycles. The van der Waals surface area contributed by atoms with Crippen molar-refractivity contribution in [2.45, 2.75) is 20.3 Å². The number of rotatable bonds is 9. The molecule has 1 aliphatic rings. The largest absolute Gasteiger partial charge is 0.497 e. The van der Waals surface area contributed by atoms with Crippen LogP contribution in [0.2, 0.25) is 0 Å². The highest BCUT2D eigenvalue weighted by Crippen LogP contribution is 2.11. The van der Waals surface area contributed by atoms with Gasteiger partial charge in [-0.25, -0.2) is 0 Å². The second-order valence-corrected chi connectivity index (χ2v) is 6.56. The molecule has 0 aliphatic carbocycles. The van der Waals surface area contributed by atoms with Crippen molar-refractivity contribution < 1.29 is 4.74 Å². The number of likely N-dealkylation sites (N-methyl/N-ethyl adjacent to an activating group) is 1. The second kappa shape index (κ2) is 14.0. The Bertz CT molecular complexity index is 530. The van der Waals surface area contributed by atoms with Gasteiger partial charge in [0.05, 0.1) is 13.7 Å². The Morgan fingerprint density at radius 3 is 2.30 bits per heavy atom. The zero-order valence-corrected chi connectivity index (χ0v) is 19.4. The third-order valence-corrected chi connectivity index (χ3v) is 4.81. The standard InChI is InChI=1S/C20H35N5O.HI/c1-4-21-20(22-11-10-18-6-8-19(26-3)9-7-18)23-12-13-25-16-14-24(5-2)15-17-25;/h6-9H,4-5,10-17H2,1-3H3,(H2,21,22,23);1H. The molecule has 0 radical (unpaired) electrons. The lowest BCUT2D eigenvalue weighted by Gasteiger charge is -2.33. The molecule has 1 aromatic carbocycles. The highest BCUT2D eigenvalue weighted by atomic mass is 127. The topological polar surface area (TPSA) is 52.1 Å². The van der Waals surface area contributed by atoms with Crippen LogP contribution in [0.5, 0.6) is 5.75 Å². The minimum absolute atomic E-state index is 0. The lowest BCUT2D eigenvalue weighted by Crippen LogP contribution is -2.47. The number of methoxy groups -OCH3 is 1. The van der Waals surface area contributed by atoms with Crippen LogP contribution in [0.15, 0.2) is 29.3 Å². The third-order valence-electron chi connectivity index (χ3n) is 4.81. The van der Waals surface area contributed by atoms with Gasteiger partial charge in [-0.15, -0.1) is 24.0 Å². The van der Waals surface area contributed by atoms with Gasteiger partial charge in [-0.2, -0.15) is 0 Å². The summed E-state index contributed by atoms with van der Waals surface area (Å²) in [5.41, 5.74) is 1.29. The van der Waals surface area contributed by atoms with Crippen molar-refractivity contribution in [3.05, 3.63) is 29.8 Å². The summed E-state index contributed by atoms with van der Waals surface area (Å²) in [6, 6.07) is 8.24. The molecule has 0 bridgehead atoms. The number of halogens is 1. The number of benzene rings is 1. The molecule has 154 valence electrons. The monoisotopic (exact) mass is 489 g/mol. The van der Waals surface area contributed by atoms with Crippen LogP contribution in [0.4, 0.5) is 0 Å². The van der Waals surface area contributed by atoms with Crippen molar-refractivity contribution in [3.63, 3.8) is 0 Å². The van der Waals surface area contributed by atoms with Gasteiger partial charge in [0.15, 0.2) is 5.96 Å². The van der Waals surface area contributed by atoms with E-state index in [2.05, 4.69) is 46.4 Å². The van der Waals surface area contributed by atoms with Crippen molar-refractivity contribution >= 4 is 29.9 Å². The van der Waals surface area contributed by atoms with E-state index in [-0.39, 0.29) is 24.0 Å². The van der Waals surface area contributed by atoms with Gasteiger partial charge >= 0.3 is 0 Å². The van der Waals surface area contributed by atoms with Gasteiger partial charge in [-0.3, -0.25) is 9.89 Å². The highest BCUT2D eigenvalue weighted by Gasteiger charge is 2.14. The first kappa shape index (κ1) is 24.0. The Morgan fingerprint density at radius 1 is 1.04 bits per heavy atom. The maximum Gasteiger partial charge on any atom is 0.191 e. The zero-order valence-electron chi connectivity index (χ0n) is 17.0. The summed E-state index contributed by atoms with van der Waals surface area (Å²) >= 11 is 0. The van der Waals surface area contributed by atoms with Crippen LogP contribution in [-0.2, 0) is 6.42 Å². The van der Waals surface area contributed by atoms with E-state index in [9.17, 15) is 0 Å². The van der Waals surface area contributed by atoms with E-state index in [1.54, 1.807) is 7.11 Å². The maximum atomic E-state index is 5.20. The van der Waals surface area contributed by atoms with Crippen LogP contribution in [0.3, 0.4) is 0 Å². The molecule has 6 nitrogen and oxygen atoms in total. The first-order chi connectivity index (χ1) is 12.7. The maximum absolute atomic E-state index is 5.20. The van der Waals surface area contributed by atoms with Gasteiger partial charge in [0.25, 0.3) is 0 Å². The van der Waals surface area contributed by atoms with E-state index in [1.807, 2.05) is 12.1 Å². The normalized spacial score (nSPS) is 15.9. The molecule has 7 heteroatoms. The highest BCUT2D eigenvalue weighted by molar-refractivity contribution is 14.0. The Balaban J connectivity index is 0.00000364. The van der Waals surface area contributed by atoms with E-state index in [4.69, 9.17) is 9.73 Å². The van der Waals surface area contributed by atoms with E-state index in [0.717, 1.165) is 63.9 Å². The summed E-state index contributed by atoms with van der Waals surface area (Å²) < 4.78 is 5.20. The van der Waals surface area contributed by atoms with Crippen molar-refractivity contribution in [1.82, 2.24) is 20.4 Å². The predicted molar refractivity (Wildman–Crippen MR) is 125 cm³/mol. The van der Waals surface area contributed by atoms with Crippen LogP contribution >= 0.6 is 24.0 Å². The van der Waals surface area contributed by atoms with E-state index in [1.165, 1.54) is 18.7 Å². The zero-order chi connectivity index (χ0) is 18.6. The number of guanidine groups is 1. The molecule has 1 saturated heterocycles. The molecule has 0 spiro atoms. The fourth-order valence-corrected chi connectivity index (χ4v) is 3.09. The van der Waals surface area contributed by atoms with E-state index >= 15 is 0 Å². The Hall–Kier alpha value is -1.06. The van der Waals surface area contributed by atoms with Gasteiger partial charge in [0.2, 0.25) is 0 Å². The summed E-state index contributed by atoms with van der Waals surface area (Å²) in [6.45, 7) is 13.8. The van der Waals surface area contributed by atoms with Crippen molar-refractivity contribution in [2.24, 2.45) is 4.99 Å². The molecule has 27 heavy (non-hydrogen) atoms. The Labute approximate surface area is 181 Å². The summed E-state index contributed by atoms with van der Waals surface area (Å²) in [6.07, 6.45) is 0.966. The number of ether oxygens (including phenoxy) is 1. The van der Waals surface area contributed by atoms with Crippen LogP contribution < -0.4 is 15.4 Å². The molecule has 0 saturated carbocycles. The average Bonchev–Trinajstić information content (AvgIpc) is 2.69. The van der Waals surface area contributed by atoms with Gasteiger partial charge in [-0.05, 0) is 37.6 Å². The van der Waals surface area contributed by atoms with Crippen molar-refractivity contribution in [2.75, 3.05) is 66.0 Å². The molecule has 1 heterocycles. The lowest BCUT2D eigenvalue weighted by atomic mass is 10.1. The minimum atomic E-state index is 0. The molecule has 2 rings (SSSR count). The smallest absolute Gasteiger partial charge is 0.191 e. The molecule has 0 amide bonds. The lowest BCUT2D eigenvalue weighted by molar-refractivity contribution is 0.140. The predicted octanol–water partition coefficient (Wildman–Crippen LogP) is 2.05. The average molecular weight is 489 g/mol. The Kier molecular flexibility index (Phi) is 12.4. The summed E-state index contributed by atoms with van der Waals surface area (Å²) in [5, 5.41) is 6.77. The molecule has 0 unspecified atom stereocenters. The summed E-state index contributed by atoms with van der Waals surface area (Å²) in [7, 11) is 1.69. The molecule has 0 atom stereocenters. The molecule has 1 fully saturated rings. The van der Waals surface area contributed by atoms with Crippen LogP contribution in [0.1, 0.15) is 19.4 Å². The molecular weight excluding hydrogens is 453 g/mol. The summed E-state index contributed by atoms with van der Waals surface area (Å²) in [5.74, 6) is 1.81. The second-order valence-electron chi connectivity index (χ2n) is 6.56. The third kappa shape index (κ3) is 9.12. The Morgan fingerprint density at radius 2 is 1.70 bits per heavy atom. The minimum Gasteiger partial charge on any atom is -0.497 e. The first-order valence-electron chi connectivity index (χ1n) is 9.85. The van der Waals surface area contributed by atoms with Gasteiger partial charge < -0.3 is 20.3 Å². The number of hydrogen-bond donors (Lipinski definition) is 2. The first-order valence-corrected chi connectivity index (χ1v) is 9.85. The van der Waals surface area contributed by atoms with Crippen LogP contribution in [0.25, 0.3) is 0 Å². The van der Waals surface area contributed by atoms with E-state index < -0.39 is 0 Å². The fraction of sp³-hybridized carbons (Fsp3) is 0.650. The fourth-order valence-electron chi connectivity index (χ4n) is 3.09. The molecule has 2 N–H and O–H groups in total. The van der Waals surface area contributed by atoms with Crippen molar-refractivity contribution in [3.8, 4) is 5.75 Å². The van der Waals surface area contributed by atoms with Crippen LogP contribution in [0, 0.1) is 0 Å². The number of piperazine rings is 1. The number of hydrogen-bond acceptors (Lipinski definition) is 4. The molecule has 1 aromatic rings. The van der Waals surface area contributed by atoms with Gasteiger partial charge in [0.1, 0.15) is 5.75 Å². The quantitative estimate of drug-likeness (QED) is 0.316. The number of nitrogens with one attached hydrogen (secondary N) is 2. The van der Waals surface area contributed by atoms with Gasteiger partial charge in [0, 0.05) is 45.8 Å². The number of nitrogens with zero attached hydrogens (tertiary/aromatic N) is 3. The van der Waals surface area contributed by atoms with Crippen molar-refractivity contribution in [1.29, 1.82) is 0 Å². The molecular formula is C20H36IN5O. The van der Waals surface area contributed by atoms with Gasteiger partial charge in [-0.1, -0.05) is 19.1 Å².